The van der Waals surface area contributed by atoms with E-state index >= 15 is 0 Å². The van der Waals surface area contributed by atoms with Crippen molar-refractivity contribution in [2.75, 3.05) is 33.0 Å². The van der Waals surface area contributed by atoms with E-state index < -0.39 is 12.0 Å². The van der Waals surface area contributed by atoms with Gasteiger partial charge in [0.05, 0.1) is 19.8 Å². The Bertz CT molecular complexity index is 559. The molecule has 0 aromatic carbocycles. The molecule has 0 aliphatic carbocycles. The fourth-order valence-corrected chi connectivity index (χ4v) is 4.17. The second kappa shape index (κ2) is 27.4. The van der Waals surface area contributed by atoms with E-state index in [-0.39, 0.29) is 24.7 Å². The monoisotopic (exact) mass is 528 g/mol. The lowest BCUT2D eigenvalue weighted by atomic mass is 10.0. The van der Waals surface area contributed by atoms with Gasteiger partial charge in [-0.15, -0.1) is 0 Å². The fourth-order valence-electron chi connectivity index (χ4n) is 4.17. The van der Waals surface area contributed by atoms with E-state index in [1.54, 1.807) is 0 Å². The highest BCUT2D eigenvalue weighted by atomic mass is 16.5. The number of hydrogen-bond donors (Lipinski definition) is 3. The number of carboxylic acid groups (broad SMARTS) is 1. The third-order valence-corrected chi connectivity index (χ3v) is 6.45. The molecule has 0 fully saturated rings. The fraction of sp³-hybridized carbons (Fsp3) is 0.897. The predicted octanol–water partition coefficient (Wildman–Crippen LogP) is 5.77. The smallest absolute Gasteiger partial charge is 0.326 e. The van der Waals surface area contributed by atoms with Crippen molar-refractivity contribution in [3.8, 4) is 0 Å². The Morgan fingerprint density at radius 3 is 1.68 bits per heavy atom. The molecule has 37 heavy (non-hydrogen) atoms. The van der Waals surface area contributed by atoms with Gasteiger partial charge < -0.3 is 25.2 Å². The summed E-state index contributed by atoms with van der Waals surface area (Å²) in [4.78, 5) is 35.5. The molecule has 3 N–H and O–H groups in total. The Hall–Kier alpha value is -1.67. The van der Waals surface area contributed by atoms with Crippen LogP contribution in [0, 0.1) is 0 Å². The molecule has 0 radical (unpaired) electrons. The van der Waals surface area contributed by atoms with Crippen LogP contribution in [0.15, 0.2) is 0 Å². The van der Waals surface area contributed by atoms with Crippen molar-refractivity contribution < 1.29 is 29.0 Å². The Morgan fingerprint density at radius 1 is 0.649 bits per heavy atom. The first kappa shape index (κ1) is 35.3. The van der Waals surface area contributed by atoms with E-state index in [2.05, 4.69) is 17.6 Å². The number of ether oxygens (including phenoxy) is 2. The largest absolute Gasteiger partial charge is 0.480 e. The molecule has 8 heteroatoms. The average Bonchev–Trinajstić information content (AvgIpc) is 2.88. The van der Waals surface area contributed by atoms with Gasteiger partial charge >= 0.3 is 5.97 Å². The van der Waals surface area contributed by atoms with Gasteiger partial charge in [-0.25, -0.2) is 4.79 Å². The number of carboxylic acids is 1. The first-order chi connectivity index (χ1) is 18.0. The first-order valence-corrected chi connectivity index (χ1v) is 15.0. The van der Waals surface area contributed by atoms with Crippen molar-refractivity contribution in [1.82, 2.24) is 10.6 Å². The molecule has 1 atom stereocenters. The van der Waals surface area contributed by atoms with Gasteiger partial charge in [-0.2, -0.15) is 0 Å². The van der Waals surface area contributed by atoms with Gasteiger partial charge in [-0.3, -0.25) is 9.59 Å². The molecular weight excluding hydrogens is 472 g/mol. The second-order valence-corrected chi connectivity index (χ2v) is 9.86. The highest BCUT2D eigenvalue weighted by molar-refractivity contribution is 5.84. The van der Waals surface area contributed by atoms with Crippen molar-refractivity contribution in [1.29, 1.82) is 0 Å². The highest BCUT2D eigenvalue weighted by Gasteiger charge is 2.20. The molecule has 0 aliphatic rings. The van der Waals surface area contributed by atoms with Crippen LogP contribution in [-0.2, 0) is 23.9 Å². The number of unbranched alkanes of at least 4 members (excludes halogenated alkanes) is 14. The lowest BCUT2D eigenvalue weighted by Gasteiger charge is -2.14. The first-order valence-electron chi connectivity index (χ1n) is 15.0. The molecule has 0 saturated carbocycles. The summed E-state index contributed by atoms with van der Waals surface area (Å²) in [7, 11) is 0. The van der Waals surface area contributed by atoms with E-state index in [9.17, 15) is 19.5 Å². The SMILES string of the molecule is CCCCCCCCCCCCCCCCCC(=O)N[C@@H](CCC(=O)NCCOCCOCC)C(=O)O. The summed E-state index contributed by atoms with van der Waals surface area (Å²) >= 11 is 0. The molecule has 0 spiro atoms. The van der Waals surface area contributed by atoms with E-state index in [1.165, 1.54) is 77.0 Å². The minimum atomic E-state index is -1.11. The summed E-state index contributed by atoms with van der Waals surface area (Å²) in [5.41, 5.74) is 0. The van der Waals surface area contributed by atoms with Crippen molar-refractivity contribution in [3.63, 3.8) is 0 Å². The highest BCUT2D eigenvalue weighted by Crippen LogP contribution is 2.13. The normalized spacial score (nSPS) is 11.8. The minimum absolute atomic E-state index is 0.0369. The number of carbonyl (C=O) groups is 3. The number of rotatable bonds is 28. The zero-order chi connectivity index (χ0) is 27.4. The lowest BCUT2D eigenvalue weighted by Crippen LogP contribution is -2.41. The second-order valence-electron chi connectivity index (χ2n) is 9.86. The molecule has 0 aliphatic heterocycles. The molecule has 0 rings (SSSR count). The van der Waals surface area contributed by atoms with Crippen molar-refractivity contribution in [2.24, 2.45) is 0 Å². The van der Waals surface area contributed by atoms with Gasteiger partial charge in [-0.05, 0) is 19.8 Å². The standard InChI is InChI=1S/C29H56N2O6/c1-3-5-6-7-8-9-10-11-12-13-14-15-16-17-18-19-28(33)31-26(29(34)35)20-21-27(32)30-22-23-37-25-24-36-4-2/h26H,3-25H2,1-2H3,(H,30,32)(H,31,33)(H,34,35)/t26-/m0/s1. The maximum Gasteiger partial charge on any atom is 0.326 e. The van der Waals surface area contributed by atoms with Crippen LogP contribution in [0.1, 0.15) is 129 Å². The van der Waals surface area contributed by atoms with Gasteiger partial charge in [-0.1, -0.05) is 96.8 Å². The van der Waals surface area contributed by atoms with E-state index in [4.69, 9.17) is 9.47 Å². The third kappa shape index (κ3) is 25.7. The zero-order valence-electron chi connectivity index (χ0n) is 23.8. The summed E-state index contributed by atoms with van der Waals surface area (Å²) in [6.45, 7) is 6.52. The third-order valence-electron chi connectivity index (χ3n) is 6.45. The van der Waals surface area contributed by atoms with Gasteiger partial charge in [0.25, 0.3) is 0 Å². The Morgan fingerprint density at radius 2 is 1.16 bits per heavy atom. The quantitative estimate of drug-likeness (QED) is 0.111. The van der Waals surface area contributed by atoms with Crippen LogP contribution in [0.2, 0.25) is 0 Å². The minimum Gasteiger partial charge on any atom is -0.480 e. The van der Waals surface area contributed by atoms with Crippen molar-refractivity contribution in [3.05, 3.63) is 0 Å². The maximum atomic E-state index is 12.2. The van der Waals surface area contributed by atoms with Crippen LogP contribution in [0.4, 0.5) is 0 Å². The van der Waals surface area contributed by atoms with Crippen LogP contribution < -0.4 is 10.6 Å². The number of amides is 2. The molecular formula is C29H56N2O6. The van der Waals surface area contributed by atoms with Crippen LogP contribution in [0.25, 0.3) is 0 Å². The molecule has 2 amide bonds. The molecule has 218 valence electrons. The lowest BCUT2D eigenvalue weighted by molar-refractivity contribution is -0.142. The number of hydrogen-bond acceptors (Lipinski definition) is 5. The summed E-state index contributed by atoms with van der Waals surface area (Å²) < 4.78 is 10.5. The van der Waals surface area contributed by atoms with Gasteiger partial charge in [0.1, 0.15) is 6.04 Å². The Balaban J connectivity index is 3.66. The van der Waals surface area contributed by atoms with Crippen molar-refractivity contribution in [2.45, 2.75) is 135 Å². The molecule has 0 heterocycles. The molecule has 0 saturated heterocycles. The van der Waals surface area contributed by atoms with E-state index in [0.717, 1.165) is 19.3 Å². The number of carbonyl (C=O) groups excluding carboxylic acids is 2. The average molecular weight is 529 g/mol. The Kier molecular flexibility index (Phi) is 26.1. The van der Waals surface area contributed by atoms with Gasteiger partial charge in [0.15, 0.2) is 0 Å². The number of aliphatic carboxylic acids is 1. The van der Waals surface area contributed by atoms with E-state index in [1.807, 2.05) is 6.92 Å². The summed E-state index contributed by atoms with van der Waals surface area (Å²) in [6, 6.07) is -1.04. The Labute approximate surface area is 226 Å². The molecule has 0 aromatic rings. The summed E-state index contributed by atoms with van der Waals surface area (Å²) in [6.07, 6.45) is 19.3. The molecule has 8 nitrogen and oxygen atoms in total. The van der Waals surface area contributed by atoms with Gasteiger partial charge in [0, 0.05) is 26.0 Å². The predicted molar refractivity (Wildman–Crippen MR) is 149 cm³/mol. The topological polar surface area (TPSA) is 114 Å². The van der Waals surface area contributed by atoms with Crippen LogP contribution in [-0.4, -0.2) is 61.9 Å². The zero-order valence-corrected chi connectivity index (χ0v) is 23.8. The van der Waals surface area contributed by atoms with Crippen LogP contribution in [0.5, 0.6) is 0 Å². The molecule has 0 aromatic heterocycles. The van der Waals surface area contributed by atoms with Crippen LogP contribution >= 0.6 is 0 Å². The summed E-state index contributed by atoms with van der Waals surface area (Å²) in [5.74, 6) is -1.63. The van der Waals surface area contributed by atoms with Crippen LogP contribution in [0.3, 0.4) is 0 Å². The molecule has 0 unspecified atom stereocenters. The maximum absolute atomic E-state index is 12.2. The summed E-state index contributed by atoms with van der Waals surface area (Å²) in [5, 5.41) is 14.6. The number of nitrogens with one attached hydrogen (secondary N) is 2. The molecule has 0 bridgehead atoms. The van der Waals surface area contributed by atoms with Gasteiger partial charge in [0.2, 0.25) is 11.8 Å². The van der Waals surface area contributed by atoms with E-state index in [0.29, 0.717) is 39.4 Å². The van der Waals surface area contributed by atoms with Crippen molar-refractivity contribution >= 4 is 17.8 Å².